The summed E-state index contributed by atoms with van der Waals surface area (Å²) in [7, 11) is 0. The van der Waals surface area contributed by atoms with Crippen LogP contribution >= 0.6 is 0 Å². The highest BCUT2D eigenvalue weighted by molar-refractivity contribution is 6.44. The summed E-state index contributed by atoms with van der Waals surface area (Å²) in [6, 6.07) is 7.91. The number of rotatable bonds is 4. The summed E-state index contributed by atoms with van der Waals surface area (Å²) in [5.74, 6) is -1.76. The maximum Gasteiger partial charge on any atom is 0.334 e. The van der Waals surface area contributed by atoms with Gasteiger partial charge in [0, 0.05) is 6.54 Å². The number of carbonyl (C=O) groups is 3. The Morgan fingerprint density at radius 2 is 1.80 bits per heavy atom. The van der Waals surface area contributed by atoms with E-state index < -0.39 is 17.8 Å². The first-order valence-corrected chi connectivity index (χ1v) is 5.86. The second-order valence-corrected chi connectivity index (χ2v) is 4.15. The van der Waals surface area contributed by atoms with Crippen molar-refractivity contribution in [2.45, 2.75) is 6.54 Å². The van der Waals surface area contributed by atoms with Crippen molar-refractivity contribution in [1.29, 1.82) is 5.26 Å². The highest BCUT2D eigenvalue weighted by atomic mass is 16.2. The molecule has 4 amide bonds. The minimum Gasteiger partial charge on any atom is -0.263 e. The van der Waals surface area contributed by atoms with Crippen molar-refractivity contribution in [2.75, 3.05) is 6.54 Å². The van der Waals surface area contributed by atoms with Crippen LogP contribution in [0.25, 0.3) is 0 Å². The van der Waals surface area contributed by atoms with E-state index in [1.54, 1.807) is 24.3 Å². The molecule has 1 aromatic carbocycles. The Morgan fingerprint density at radius 3 is 2.45 bits per heavy atom. The average Bonchev–Trinajstić information content (AvgIpc) is 2.66. The fraction of sp³-hybridized carbons (Fsp3) is 0.143. The lowest BCUT2D eigenvalue weighted by Gasteiger charge is -2.14. The lowest BCUT2D eigenvalue weighted by atomic mass is 10.1. The van der Waals surface area contributed by atoms with E-state index in [2.05, 4.69) is 6.58 Å². The molecule has 0 aliphatic carbocycles. The molecule has 6 nitrogen and oxygen atoms in total. The van der Waals surface area contributed by atoms with E-state index in [9.17, 15) is 14.4 Å². The Bertz CT molecular complexity index is 645. The van der Waals surface area contributed by atoms with Crippen LogP contribution in [0.4, 0.5) is 4.79 Å². The normalized spacial score (nSPS) is 14.7. The Morgan fingerprint density at radius 1 is 1.15 bits per heavy atom. The molecule has 0 N–H and O–H groups in total. The van der Waals surface area contributed by atoms with Crippen LogP contribution in [0.3, 0.4) is 0 Å². The topological polar surface area (TPSA) is 81.5 Å². The maximum atomic E-state index is 12.0. The molecule has 0 saturated carbocycles. The van der Waals surface area contributed by atoms with Crippen LogP contribution in [0.2, 0.25) is 0 Å². The van der Waals surface area contributed by atoms with E-state index in [0.29, 0.717) is 11.1 Å². The van der Waals surface area contributed by atoms with Gasteiger partial charge in [0.25, 0.3) is 0 Å². The Balaban J connectivity index is 2.28. The number of carbonyl (C=O) groups excluding carboxylic acids is 3. The first-order valence-electron chi connectivity index (χ1n) is 5.86. The molecule has 1 saturated heterocycles. The van der Waals surface area contributed by atoms with Crippen molar-refractivity contribution in [2.24, 2.45) is 0 Å². The van der Waals surface area contributed by atoms with Crippen LogP contribution < -0.4 is 0 Å². The molecule has 1 aliphatic rings. The van der Waals surface area contributed by atoms with Crippen LogP contribution in [0.1, 0.15) is 11.1 Å². The van der Waals surface area contributed by atoms with Crippen molar-refractivity contribution >= 4 is 17.8 Å². The van der Waals surface area contributed by atoms with Gasteiger partial charge in [-0.3, -0.25) is 19.4 Å². The summed E-state index contributed by atoms with van der Waals surface area (Å²) in [6.07, 6.45) is 1.37. The van der Waals surface area contributed by atoms with Gasteiger partial charge in [-0.25, -0.2) is 4.79 Å². The zero-order valence-corrected chi connectivity index (χ0v) is 10.6. The Labute approximate surface area is 115 Å². The molecule has 20 heavy (non-hydrogen) atoms. The summed E-state index contributed by atoms with van der Waals surface area (Å²) in [6.45, 7) is 3.32. The minimum atomic E-state index is -0.885. The number of urea groups is 1. The smallest absolute Gasteiger partial charge is 0.263 e. The van der Waals surface area contributed by atoms with Crippen molar-refractivity contribution in [3.05, 3.63) is 48.0 Å². The number of benzene rings is 1. The van der Waals surface area contributed by atoms with Crippen LogP contribution in [-0.2, 0) is 16.1 Å². The number of imide groups is 2. The van der Waals surface area contributed by atoms with Crippen LogP contribution in [-0.4, -0.2) is 34.2 Å². The number of nitriles is 1. The zero-order chi connectivity index (χ0) is 14.7. The van der Waals surface area contributed by atoms with Gasteiger partial charge in [-0.2, -0.15) is 5.26 Å². The lowest BCUT2D eigenvalue weighted by Crippen LogP contribution is -2.33. The summed E-state index contributed by atoms with van der Waals surface area (Å²) in [4.78, 5) is 37.1. The number of nitrogens with zero attached hydrogens (tertiary/aromatic N) is 3. The first-order chi connectivity index (χ1) is 9.60. The van der Waals surface area contributed by atoms with Gasteiger partial charge >= 0.3 is 17.8 Å². The fourth-order valence-corrected chi connectivity index (χ4v) is 1.92. The molecule has 0 aromatic heterocycles. The van der Waals surface area contributed by atoms with Gasteiger partial charge in [0.05, 0.1) is 18.2 Å². The first kappa shape index (κ1) is 13.5. The second kappa shape index (κ2) is 5.36. The van der Waals surface area contributed by atoms with Gasteiger partial charge < -0.3 is 0 Å². The van der Waals surface area contributed by atoms with Crippen LogP contribution in [0.5, 0.6) is 0 Å². The molecule has 0 spiro atoms. The van der Waals surface area contributed by atoms with E-state index in [0.717, 1.165) is 9.80 Å². The molecule has 1 aliphatic heterocycles. The molecular weight excluding hydrogens is 258 g/mol. The third kappa shape index (κ3) is 2.17. The van der Waals surface area contributed by atoms with E-state index in [1.165, 1.54) is 6.08 Å². The van der Waals surface area contributed by atoms with Crippen LogP contribution in [0.15, 0.2) is 36.9 Å². The Hall–Kier alpha value is -2.94. The Kier molecular flexibility index (Phi) is 3.62. The molecule has 1 heterocycles. The van der Waals surface area contributed by atoms with Crippen LogP contribution in [0, 0.1) is 11.3 Å². The summed E-state index contributed by atoms with van der Waals surface area (Å²) in [5.41, 5.74) is 0.882. The van der Waals surface area contributed by atoms with Gasteiger partial charge in [-0.05, 0) is 11.6 Å². The third-order valence-corrected chi connectivity index (χ3v) is 2.91. The molecule has 100 valence electrons. The molecule has 0 atom stereocenters. The molecular formula is C14H11N3O3. The van der Waals surface area contributed by atoms with E-state index in [1.807, 2.05) is 6.07 Å². The van der Waals surface area contributed by atoms with Crippen molar-refractivity contribution in [3.8, 4) is 6.07 Å². The maximum absolute atomic E-state index is 12.0. The van der Waals surface area contributed by atoms with Gasteiger partial charge in [0.15, 0.2) is 0 Å². The molecule has 2 rings (SSSR count). The fourth-order valence-electron chi connectivity index (χ4n) is 1.92. The van der Waals surface area contributed by atoms with Crippen molar-refractivity contribution in [3.63, 3.8) is 0 Å². The zero-order valence-electron chi connectivity index (χ0n) is 10.6. The van der Waals surface area contributed by atoms with E-state index >= 15 is 0 Å². The standard InChI is InChI=1S/C14H11N3O3/c1-2-7-16-12(18)13(19)17(14(16)20)9-11-6-4-3-5-10(11)8-15/h2-6H,1,7,9H2. The molecule has 1 aromatic rings. The number of hydrogen-bond donors (Lipinski definition) is 0. The molecule has 0 unspecified atom stereocenters. The summed E-state index contributed by atoms with van der Waals surface area (Å²) in [5, 5.41) is 8.98. The SMILES string of the molecule is C=CCN1C(=O)C(=O)N(Cc2ccccc2C#N)C1=O. The second-order valence-electron chi connectivity index (χ2n) is 4.15. The van der Waals surface area contributed by atoms with Gasteiger partial charge in [0.1, 0.15) is 0 Å². The summed E-state index contributed by atoms with van der Waals surface area (Å²) < 4.78 is 0. The third-order valence-electron chi connectivity index (χ3n) is 2.91. The molecule has 6 heteroatoms. The van der Waals surface area contributed by atoms with E-state index in [-0.39, 0.29) is 13.1 Å². The lowest BCUT2D eigenvalue weighted by molar-refractivity contribution is -0.143. The predicted octanol–water partition coefficient (Wildman–Crippen LogP) is 1.04. The number of hydrogen-bond acceptors (Lipinski definition) is 4. The number of amides is 4. The van der Waals surface area contributed by atoms with Gasteiger partial charge in [-0.1, -0.05) is 24.3 Å². The molecule has 1 fully saturated rings. The minimum absolute atomic E-state index is 0.0141. The predicted molar refractivity (Wildman–Crippen MR) is 69.0 cm³/mol. The molecule has 0 radical (unpaired) electrons. The van der Waals surface area contributed by atoms with Gasteiger partial charge in [-0.15, -0.1) is 6.58 Å². The molecule has 0 bridgehead atoms. The van der Waals surface area contributed by atoms with Crippen molar-refractivity contribution in [1.82, 2.24) is 9.80 Å². The van der Waals surface area contributed by atoms with Crippen molar-refractivity contribution < 1.29 is 14.4 Å². The van der Waals surface area contributed by atoms with Gasteiger partial charge in [0.2, 0.25) is 0 Å². The monoisotopic (exact) mass is 269 g/mol. The quantitative estimate of drug-likeness (QED) is 0.464. The highest BCUT2D eigenvalue weighted by Gasteiger charge is 2.43. The summed E-state index contributed by atoms with van der Waals surface area (Å²) >= 11 is 0. The van der Waals surface area contributed by atoms with E-state index in [4.69, 9.17) is 5.26 Å². The average molecular weight is 269 g/mol. The largest absolute Gasteiger partial charge is 0.334 e. The highest BCUT2D eigenvalue weighted by Crippen LogP contribution is 2.17.